The van der Waals surface area contributed by atoms with E-state index in [-0.39, 0.29) is 12.2 Å². The molecule has 0 saturated heterocycles. The Morgan fingerprint density at radius 3 is 2.56 bits per heavy atom. The molecule has 1 heterocycles. The Balaban J connectivity index is 3.15. The van der Waals surface area contributed by atoms with Crippen molar-refractivity contribution in [2.24, 2.45) is 0 Å². The minimum Gasteiger partial charge on any atom is -0.494 e. The van der Waals surface area contributed by atoms with Crippen molar-refractivity contribution in [1.29, 1.82) is 0 Å². The van der Waals surface area contributed by atoms with E-state index in [0.717, 1.165) is 19.5 Å². The summed E-state index contributed by atoms with van der Waals surface area (Å²) in [7, 11) is 1.11. The minimum atomic E-state index is -4.61. The van der Waals surface area contributed by atoms with Crippen LogP contribution in [0.2, 0.25) is 0 Å². The van der Waals surface area contributed by atoms with Gasteiger partial charge in [0.1, 0.15) is 11.3 Å². The van der Waals surface area contributed by atoms with Crippen LogP contribution in [0, 0.1) is 0 Å². The highest BCUT2D eigenvalue weighted by Gasteiger charge is 2.37. The van der Waals surface area contributed by atoms with E-state index < -0.39 is 29.9 Å². The average Bonchev–Trinajstić information content (AvgIpc) is 2.27. The number of aromatic nitrogens is 1. The Hall–Kier alpha value is -1.79. The Labute approximate surface area is 102 Å². The number of hydrogen-bond acceptors (Lipinski definition) is 4. The second-order valence-electron chi connectivity index (χ2n) is 3.36. The second-order valence-corrected chi connectivity index (χ2v) is 3.36. The standard InChI is InChI=1S/C11H12F3NO3/c1-3-18-9(16)4-7-5-15-6-8(17-2)10(7)11(12,13)14/h5-6H,3-4H2,1-2H3. The molecule has 0 aliphatic rings. The summed E-state index contributed by atoms with van der Waals surface area (Å²) in [6.45, 7) is 1.68. The third kappa shape index (κ3) is 3.35. The molecule has 0 bridgehead atoms. The highest BCUT2D eigenvalue weighted by molar-refractivity contribution is 5.73. The van der Waals surface area contributed by atoms with Gasteiger partial charge in [-0.2, -0.15) is 13.2 Å². The number of halogens is 3. The molecule has 4 nitrogen and oxygen atoms in total. The predicted octanol–water partition coefficient (Wildman–Crippen LogP) is 2.21. The number of esters is 1. The molecule has 1 aromatic heterocycles. The smallest absolute Gasteiger partial charge is 0.420 e. The van der Waals surface area contributed by atoms with Gasteiger partial charge in [0.05, 0.1) is 26.3 Å². The maximum atomic E-state index is 12.9. The molecule has 0 aliphatic carbocycles. The van der Waals surface area contributed by atoms with Crippen molar-refractivity contribution >= 4 is 5.97 Å². The molecule has 7 heteroatoms. The van der Waals surface area contributed by atoms with Crippen molar-refractivity contribution < 1.29 is 27.4 Å². The van der Waals surface area contributed by atoms with Gasteiger partial charge in [-0.1, -0.05) is 0 Å². The summed E-state index contributed by atoms with van der Waals surface area (Å²) in [5.41, 5.74) is -1.26. The SMILES string of the molecule is CCOC(=O)Cc1cncc(OC)c1C(F)(F)F. The molecule has 0 aromatic carbocycles. The van der Waals surface area contributed by atoms with Crippen molar-refractivity contribution in [1.82, 2.24) is 4.98 Å². The number of methoxy groups -OCH3 is 1. The lowest BCUT2D eigenvalue weighted by Crippen LogP contribution is -2.16. The molecule has 0 amide bonds. The average molecular weight is 263 g/mol. The molecule has 0 spiro atoms. The Kier molecular flexibility index (Phi) is 4.52. The van der Waals surface area contributed by atoms with Gasteiger partial charge in [0.15, 0.2) is 0 Å². The number of pyridine rings is 1. The molecule has 0 atom stereocenters. The van der Waals surface area contributed by atoms with Gasteiger partial charge >= 0.3 is 12.1 Å². The van der Waals surface area contributed by atoms with E-state index >= 15 is 0 Å². The summed E-state index contributed by atoms with van der Waals surface area (Å²) in [6, 6.07) is 0. The first-order valence-electron chi connectivity index (χ1n) is 5.13. The number of hydrogen-bond donors (Lipinski definition) is 0. The van der Waals surface area contributed by atoms with Gasteiger partial charge in [0.2, 0.25) is 0 Å². The largest absolute Gasteiger partial charge is 0.494 e. The van der Waals surface area contributed by atoms with Crippen molar-refractivity contribution in [2.75, 3.05) is 13.7 Å². The Morgan fingerprint density at radius 1 is 1.39 bits per heavy atom. The Morgan fingerprint density at radius 2 is 2.06 bits per heavy atom. The number of rotatable bonds is 4. The maximum absolute atomic E-state index is 12.9. The van der Waals surface area contributed by atoms with Crippen LogP contribution in [0.15, 0.2) is 12.4 Å². The van der Waals surface area contributed by atoms with Crippen LogP contribution in [0.4, 0.5) is 13.2 Å². The van der Waals surface area contributed by atoms with Crippen LogP contribution in [-0.2, 0) is 22.1 Å². The van der Waals surface area contributed by atoms with E-state index in [2.05, 4.69) is 14.5 Å². The maximum Gasteiger partial charge on any atom is 0.420 e. The quantitative estimate of drug-likeness (QED) is 0.781. The molecule has 1 aromatic rings. The molecular formula is C11H12F3NO3. The van der Waals surface area contributed by atoms with E-state index in [0.29, 0.717) is 0 Å². The highest BCUT2D eigenvalue weighted by atomic mass is 19.4. The van der Waals surface area contributed by atoms with Gasteiger partial charge in [-0.05, 0) is 12.5 Å². The summed E-state index contributed by atoms with van der Waals surface area (Å²) in [6.07, 6.45) is -3.16. The molecule has 0 saturated carbocycles. The monoisotopic (exact) mass is 263 g/mol. The van der Waals surface area contributed by atoms with E-state index in [1.807, 2.05) is 0 Å². The zero-order chi connectivity index (χ0) is 13.8. The van der Waals surface area contributed by atoms with Crippen molar-refractivity contribution in [3.05, 3.63) is 23.5 Å². The van der Waals surface area contributed by atoms with Crippen molar-refractivity contribution in [3.63, 3.8) is 0 Å². The number of carbonyl (C=O) groups is 1. The van der Waals surface area contributed by atoms with Crippen LogP contribution in [0.1, 0.15) is 18.1 Å². The summed E-state index contributed by atoms with van der Waals surface area (Å²) in [5, 5.41) is 0. The molecule has 0 fully saturated rings. The summed E-state index contributed by atoms with van der Waals surface area (Å²) >= 11 is 0. The van der Waals surface area contributed by atoms with Crippen LogP contribution in [-0.4, -0.2) is 24.7 Å². The summed E-state index contributed by atoms with van der Waals surface area (Å²) in [4.78, 5) is 14.8. The molecule has 0 N–H and O–H groups in total. The fraction of sp³-hybridized carbons (Fsp3) is 0.455. The third-order valence-corrected chi connectivity index (χ3v) is 2.13. The fourth-order valence-electron chi connectivity index (χ4n) is 1.46. The van der Waals surface area contributed by atoms with E-state index in [1.165, 1.54) is 0 Å². The number of nitrogens with zero attached hydrogens (tertiary/aromatic N) is 1. The summed E-state index contributed by atoms with van der Waals surface area (Å²) in [5.74, 6) is -1.15. The van der Waals surface area contributed by atoms with Gasteiger partial charge in [-0.3, -0.25) is 9.78 Å². The van der Waals surface area contributed by atoms with Crippen LogP contribution in [0.3, 0.4) is 0 Å². The number of alkyl halides is 3. The Bertz CT molecular complexity index is 432. The van der Waals surface area contributed by atoms with Crippen LogP contribution in [0.25, 0.3) is 0 Å². The first-order chi connectivity index (χ1) is 8.40. The molecule has 0 radical (unpaired) electrons. The van der Waals surface area contributed by atoms with Gasteiger partial charge in [0, 0.05) is 6.20 Å². The predicted molar refractivity (Wildman–Crippen MR) is 56.1 cm³/mol. The highest BCUT2D eigenvalue weighted by Crippen LogP contribution is 2.38. The van der Waals surface area contributed by atoms with Crippen molar-refractivity contribution in [3.8, 4) is 5.75 Å². The third-order valence-electron chi connectivity index (χ3n) is 2.13. The van der Waals surface area contributed by atoms with Crippen LogP contribution in [0.5, 0.6) is 5.75 Å². The number of ether oxygens (including phenoxy) is 2. The van der Waals surface area contributed by atoms with Gasteiger partial charge < -0.3 is 9.47 Å². The molecule has 0 unspecified atom stereocenters. The van der Waals surface area contributed by atoms with E-state index in [9.17, 15) is 18.0 Å². The number of carbonyl (C=O) groups excluding carboxylic acids is 1. The fourth-order valence-corrected chi connectivity index (χ4v) is 1.46. The van der Waals surface area contributed by atoms with Crippen LogP contribution < -0.4 is 4.74 Å². The molecule has 18 heavy (non-hydrogen) atoms. The normalized spacial score (nSPS) is 11.2. The van der Waals surface area contributed by atoms with Crippen molar-refractivity contribution in [2.45, 2.75) is 19.5 Å². The first kappa shape index (κ1) is 14.3. The minimum absolute atomic E-state index is 0.109. The van der Waals surface area contributed by atoms with Gasteiger partial charge in [-0.15, -0.1) is 0 Å². The van der Waals surface area contributed by atoms with Crippen LogP contribution >= 0.6 is 0 Å². The molecule has 0 aliphatic heterocycles. The first-order valence-corrected chi connectivity index (χ1v) is 5.13. The zero-order valence-corrected chi connectivity index (χ0v) is 9.87. The lowest BCUT2D eigenvalue weighted by molar-refractivity contribution is -0.143. The van der Waals surface area contributed by atoms with E-state index in [4.69, 9.17) is 0 Å². The molecule has 1 rings (SSSR count). The van der Waals surface area contributed by atoms with Gasteiger partial charge in [-0.25, -0.2) is 0 Å². The second kappa shape index (κ2) is 5.70. The van der Waals surface area contributed by atoms with Gasteiger partial charge in [0.25, 0.3) is 0 Å². The molecular weight excluding hydrogens is 251 g/mol. The topological polar surface area (TPSA) is 48.4 Å². The van der Waals surface area contributed by atoms with E-state index in [1.54, 1.807) is 6.92 Å². The zero-order valence-electron chi connectivity index (χ0n) is 9.87. The summed E-state index contributed by atoms with van der Waals surface area (Å²) < 4.78 is 47.8. The lowest BCUT2D eigenvalue weighted by Gasteiger charge is -2.15. The lowest BCUT2D eigenvalue weighted by atomic mass is 10.1. The molecule has 100 valence electrons.